The van der Waals surface area contributed by atoms with Gasteiger partial charge in [-0.2, -0.15) is 0 Å². The molecular weight excluding hydrogens is 222 g/mol. The van der Waals surface area contributed by atoms with Crippen LogP contribution in [0, 0.1) is 0 Å². The van der Waals surface area contributed by atoms with Crippen molar-refractivity contribution >= 4 is 0 Å². The van der Waals surface area contributed by atoms with Crippen LogP contribution in [-0.2, 0) is 6.54 Å². The van der Waals surface area contributed by atoms with Gasteiger partial charge >= 0.3 is 0 Å². The van der Waals surface area contributed by atoms with Crippen LogP contribution < -0.4 is 19.5 Å². The molecule has 0 amide bonds. The summed E-state index contributed by atoms with van der Waals surface area (Å²) < 4.78 is 15.9. The van der Waals surface area contributed by atoms with Crippen LogP contribution in [0.15, 0.2) is 12.1 Å². The standard InChI is InChI=1S/C12H17NO4/c1-8(6-14)13-5-9-3-10(15-2)12-11(4-9)16-7-17-12/h3-4,8,13-14H,5-7H2,1-2H3/t8-/m1/s1. The highest BCUT2D eigenvalue weighted by molar-refractivity contribution is 5.55. The number of aliphatic hydroxyl groups is 1. The number of hydrogen-bond donors (Lipinski definition) is 2. The van der Waals surface area contributed by atoms with Gasteiger partial charge < -0.3 is 24.6 Å². The normalized spacial score (nSPS) is 14.8. The molecule has 5 nitrogen and oxygen atoms in total. The fourth-order valence-electron chi connectivity index (χ4n) is 1.64. The van der Waals surface area contributed by atoms with E-state index in [1.165, 1.54) is 0 Å². The molecule has 0 bridgehead atoms. The monoisotopic (exact) mass is 239 g/mol. The number of ether oxygens (including phenoxy) is 3. The Morgan fingerprint density at radius 3 is 3.00 bits per heavy atom. The minimum Gasteiger partial charge on any atom is -0.493 e. The molecule has 0 unspecified atom stereocenters. The lowest BCUT2D eigenvalue weighted by Gasteiger charge is -2.12. The quantitative estimate of drug-likeness (QED) is 0.799. The van der Waals surface area contributed by atoms with Crippen LogP contribution in [0.3, 0.4) is 0 Å². The molecule has 0 aliphatic carbocycles. The fourth-order valence-corrected chi connectivity index (χ4v) is 1.64. The first kappa shape index (κ1) is 12.0. The summed E-state index contributed by atoms with van der Waals surface area (Å²) in [5.41, 5.74) is 1.03. The maximum atomic E-state index is 8.94. The molecule has 0 radical (unpaired) electrons. The number of hydrogen-bond acceptors (Lipinski definition) is 5. The third-order valence-corrected chi connectivity index (χ3v) is 2.65. The summed E-state index contributed by atoms with van der Waals surface area (Å²) in [7, 11) is 1.60. The molecular formula is C12H17NO4. The van der Waals surface area contributed by atoms with Crippen LogP contribution in [0.5, 0.6) is 17.2 Å². The van der Waals surface area contributed by atoms with Crippen LogP contribution in [0.2, 0.25) is 0 Å². The van der Waals surface area contributed by atoms with E-state index < -0.39 is 0 Å². The van der Waals surface area contributed by atoms with Gasteiger partial charge in [0.1, 0.15) is 0 Å². The molecule has 0 saturated carbocycles. The Labute approximate surface area is 100 Å². The van der Waals surface area contributed by atoms with Crippen molar-refractivity contribution in [1.82, 2.24) is 5.32 Å². The maximum Gasteiger partial charge on any atom is 0.231 e. The zero-order chi connectivity index (χ0) is 12.3. The Balaban J connectivity index is 2.13. The van der Waals surface area contributed by atoms with Crippen LogP contribution >= 0.6 is 0 Å². The Bertz CT molecular complexity index is 394. The topological polar surface area (TPSA) is 60.0 Å². The van der Waals surface area contributed by atoms with E-state index in [0.29, 0.717) is 23.8 Å². The Morgan fingerprint density at radius 2 is 2.29 bits per heavy atom. The molecule has 1 aromatic carbocycles. The maximum absolute atomic E-state index is 8.94. The van der Waals surface area contributed by atoms with E-state index in [1.54, 1.807) is 7.11 Å². The SMILES string of the molecule is COc1cc(CN[C@H](C)CO)cc2c1OCO2. The average molecular weight is 239 g/mol. The second-order valence-corrected chi connectivity index (χ2v) is 4.00. The lowest BCUT2D eigenvalue weighted by molar-refractivity contribution is 0.171. The van der Waals surface area contributed by atoms with E-state index in [9.17, 15) is 0 Å². The Hall–Kier alpha value is -1.46. The molecule has 17 heavy (non-hydrogen) atoms. The minimum atomic E-state index is 0.0615. The second kappa shape index (κ2) is 5.25. The Morgan fingerprint density at radius 1 is 1.47 bits per heavy atom. The number of methoxy groups -OCH3 is 1. The van der Waals surface area contributed by atoms with Gasteiger partial charge in [0.15, 0.2) is 11.5 Å². The van der Waals surface area contributed by atoms with E-state index in [1.807, 2.05) is 19.1 Å². The minimum absolute atomic E-state index is 0.0615. The zero-order valence-electron chi connectivity index (χ0n) is 10.0. The van der Waals surface area contributed by atoms with Crippen LogP contribution in [0.4, 0.5) is 0 Å². The molecule has 2 rings (SSSR count). The van der Waals surface area contributed by atoms with Gasteiger partial charge in [0.2, 0.25) is 12.5 Å². The van der Waals surface area contributed by atoms with Gasteiger partial charge in [0, 0.05) is 12.6 Å². The summed E-state index contributed by atoms with van der Waals surface area (Å²) in [6.07, 6.45) is 0. The van der Waals surface area contributed by atoms with E-state index in [2.05, 4.69) is 5.32 Å². The molecule has 1 heterocycles. The van der Waals surface area contributed by atoms with Crippen molar-refractivity contribution in [3.8, 4) is 17.2 Å². The van der Waals surface area contributed by atoms with Crippen molar-refractivity contribution in [3.05, 3.63) is 17.7 Å². The number of rotatable bonds is 5. The highest BCUT2D eigenvalue weighted by Crippen LogP contribution is 2.41. The fraction of sp³-hybridized carbons (Fsp3) is 0.500. The first-order valence-electron chi connectivity index (χ1n) is 5.55. The summed E-state index contributed by atoms with van der Waals surface area (Å²) in [6.45, 7) is 2.91. The molecule has 1 aliphatic rings. The molecule has 0 fully saturated rings. The van der Waals surface area contributed by atoms with Crippen LogP contribution in [0.1, 0.15) is 12.5 Å². The molecule has 0 saturated heterocycles. The van der Waals surface area contributed by atoms with Crippen molar-refractivity contribution in [2.45, 2.75) is 19.5 Å². The zero-order valence-corrected chi connectivity index (χ0v) is 10.0. The van der Waals surface area contributed by atoms with E-state index in [4.69, 9.17) is 19.3 Å². The largest absolute Gasteiger partial charge is 0.493 e. The van der Waals surface area contributed by atoms with Crippen LogP contribution in [0.25, 0.3) is 0 Å². The predicted molar refractivity (Wildman–Crippen MR) is 62.5 cm³/mol. The third kappa shape index (κ3) is 2.62. The number of aliphatic hydroxyl groups excluding tert-OH is 1. The van der Waals surface area contributed by atoms with Gasteiger partial charge in [0.05, 0.1) is 13.7 Å². The molecule has 0 aromatic heterocycles. The molecule has 1 aliphatic heterocycles. The first-order chi connectivity index (χ1) is 8.24. The lowest BCUT2D eigenvalue weighted by Crippen LogP contribution is -2.28. The first-order valence-corrected chi connectivity index (χ1v) is 5.55. The molecule has 0 spiro atoms. The lowest BCUT2D eigenvalue weighted by atomic mass is 10.1. The van der Waals surface area contributed by atoms with E-state index in [-0.39, 0.29) is 19.4 Å². The van der Waals surface area contributed by atoms with Crippen molar-refractivity contribution in [1.29, 1.82) is 0 Å². The van der Waals surface area contributed by atoms with Gasteiger partial charge in [-0.25, -0.2) is 0 Å². The van der Waals surface area contributed by atoms with Gasteiger partial charge in [0.25, 0.3) is 0 Å². The number of fused-ring (bicyclic) bond motifs is 1. The van der Waals surface area contributed by atoms with Gasteiger partial charge in [-0.15, -0.1) is 0 Å². The van der Waals surface area contributed by atoms with E-state index >= 15 is 0 Å². The number of benzene rings is 1. The van der Waals surface area contributed by atoms with Gasteiger partial charge in [-0.05, 0) is 24.6 Å². The average Bonchev–Trinajstić information content (AvgIpc) is 2.82. The second-order valence-electron chi connectivity index (χ2n) is 4.00. The molecule has 94 valence electrons. The van der Waals surface area contributed by atoms with Crippen molar-refractivity contribution < 1.29 is 19.3 Å². The molecule has 1 aromatic rings. The summed E-state index contributed by atoms with van der Waals surface area (Å²) in [5.74, 6) is 2.04. The summed E-state index contributed by atoms with van der Waals surface area (Å²) in [5, 5.41) is 12.1. The van der Waals surface area contributed by atoms with Crippen molar-refractivity contribution in [2.24, 2.45) is 0 Å². The summed E-state index contributed by atoms with van der Waals surface area (Å²) in [4.78, 5) is 0. The molecule has 2 N–H and O–H groups in total. The third-order valence-electron chi connectivity index (χ3n) is 2.65. The highest BCUT2D eigenvalue weighted by Gasteiger charge is 2.19. The summed E-state index contributed by atoms with van der Waals surface area (Å²) >= 11 is 0. The van der Waals surface area contributed by atoms with Gasteiger partial charge in [-0.1, -0.05) is 0 Å². The predicted octanol–water partition coefficient (Wildman–Crippen LogP) is 0.894. The van der Waals surface area contributed by atoms with Gasteiger partial charge in [-0.3, -0.25) is 0 Å². The highest BCUT2D eigenvalue weighted by atomic mass is 16.7. The van der Waals surface area contributed by atoms with E-state index in [0.717, 1.165) is 5.56 Å². The van der Waals surface area contributed by atoms with Crippen molar-refractivity contribution in [2.75, 3.05) is 20.5 Å². The number of nitrogens with one attached hydrogen (secondary N) is 1. The smallest absolute Gasteiger partial charge is 0.231 e. The Kier molecular flexibility index (Phi) is 3.71. The summed E-state index contributed by atoms with van der Waals surface area (Å²) in [6, 6.07) is 3.89. The molecule has 5 heteroatoms. The molecule has 1 atom stereocenters. The van der Waals surface area contributed by atoms with Crippen molar-refractivity contribution in [3.63, 3.8) is 0 Å². The van der Waals surface area contributed by atoms with Crippen LogP contribution in [-0.4, -0.2) is 31.7 Å².